The van der Waals surface area contributed by atoms with Crippen LogP contribution in [0.4, 0.5) is 0 Å². The number of hydrogen-bond donors (Lipinski definition) is 1. The molecule has 1 saturated carbocycles. The summed E-state index contributed by atoms with van der Waals surface area (Å²) in [6.45, 7) is 4.04. The largest absolute Gasteiger partial charge is 0.379 e. The molecule has 4 heteroatoms. The molecule has 1 heterocycles. The first kappa shape index (κ1) is 14.3. The fraction of sp³-hybridized carbons (Fsp3) is 1.00. The molecule has 0 aromatic rings. The van der Waals surface area contributed by atoms with Gasteiger partial charge in [-0.25, -0.2) is 0 Å². The van der Waals surface area contributed by atoms with E-state index in [1.807, 2.05) is 0 Å². The number of likely N-dealkylation sites (N-methyl/N-ethyl adjacent to an activating group) is 1. The van der Waals surface area contributed by atoms with Gasteiger partial charge >= 0.3 is 0 Å². The molecule has 4 nitrogen and oxygen atoms in total. The monoisotopic (exact) mass is 256 g/mol. The molecule has 106 valence electrons. The van der Waals surface area contributed by atoms with Gasteiger partial charge in [-0.1, -0.05) is 12.8 Å². The van der Waals surface area contributed by atoms with Gasteiger partial charge in [0, 0.05) is 19.6 Å². The van der Waals surface area contributed by atoms with Crippen molar-refractivity contribution in [2.24, 2.45) is 5.73 Å². The molecule has 18 heavy (non-hydrogen) atoms. The summed E-state index contributed by atoms with van der Waals surface area (Å²) >= 11 is 0. The Hall–Kier alpha value is -0.160. The highest BCUT2D eigenvalue weighted by molar-refractivity contribution is 4.93. The van der Waals surface area contributed by atoms with Gasteiger partial charge in [-0.2, -0.15) is 0 Å². The fourth-order valence-corrected chi connectivity index (χ4v) is 3.26. The van der Waals surface area contributed by atoms with Crippen LogP contribution in [-0.4, -0.2) is 56.5 Å². The molecular formula is C14H28N2O2. The van der Waals surface area contributed by atoms with Crippen LogP contribution in [0.5, 0.6) is 0 Å². The molecule has 2 N–H and O–H groups in total. The Morgan fingerprint density at radius 1 is 1.28 bits per heavy atom. The van der Waals surface area contributed by atoms with Gasteiger partial charge in [-0.3, -0.25) is 0 Å². The highest BCUT2D eigenvalue weighted by Crippen LogP contribution is 2.43. The van der Waals surface area contributed by atoms with E-state index in [9.17, 15) is 0 Å². The maximum absolute atomic E-state index is 6.31. The third-order valence-electron chi connectivity index (χ3n) is 4.25. The Labute approximate surface area is 111 Å². The molecule has 1 atom stereocenters. The van der Waals surface area contributed by atoms with E-state index >= 15 is 0 Å². The molecule has 0 aromatic carbocycles. The molecular weight excluding hydrogens is 228 g/mol. The second kappa shape index (κ2) is 6.85. The SMILES string of the molecule is CN(CCOCCN)CC1CCC2(CCCC2)O1. The molecule has 2 fully saturated rings. The van der Waals surface area contributed by atoms with Crippen molar-refractivity contribution in [3.8, 4) is 0 Å². The van der Waals surface area contributed by atoms with Crippen LogP contribution in [0.15, 0.2) is 0 Å². The van der Waals surface area contributed by atoms with Crippen molar-refractivity contribution in [3.63, 3.8) is 0 Å². The average Bonchev–Trinajstić information content (AvgIpc) is 2.96. The summed E-state index contributed by atoms with van der Waals surface area (Å²) in [5, 5.41) is 0. The van der Waals surface area contributed by atoms with Gasteiger partial charge in [0.1, 0.15) is 0 Å². The Morgan fingerprint density at radius 3 is 2.78 bits per heavy atom. The van der Waals surface area contributed by atoms with Crippen LogP contribution in [-0.2, 0) is 9.47 Å². The van der Waals surface area contributed by atoms with Crippen molar-refractivity contribution < 1.29 is 9.47 Å². The minimum absolute atomic E-state index is 0.265. The Bertz CT molecular complexity index is 242. The van der Waals surface area contributed by atoms with Crippen molar-refractivity contribution in [1.29, 1.82) is 0 Å². The molecule has 1 saturated heterocycles. The van der Waals surface area contributed by atoms with E-state index < -0.39 is 0 Å². The lowest BCUT2D eigenvalue weighted by Crippen LogP contribution is -2.34. The molecule has 0 aromatic heterocycles. The number of nitrogens with zero attached hydrogens (tertiary/aromatic N) is 1. The number of ether oxygens (including phenoxy) is 2. The van der Waals surface area contributed by atoms with Gasteiger partial charge in [-0.15, -0.1) is 0 Å². The summed E-state index contributed by atoms with van der Waals surface area (Å²) in [4.78, 5) is 2.31. The quantitative estimate of drug-likeness (QED) is 0.699. The zero-order valence-corrected chi connectivity index (χ0v) is 11.7. The maximum Gasteiger partial charge on any atom is 0.0710 e. The molecule has 2 rings (SSSR count). The first-order chi connectivity index (χ1) is 8.74. The van der Waals surface area contributed by atoms with Crippen molar-refractivity contribution >= 4 is 0 Å². The molecule has 1 unspecified atom stereocenters. The zero-order valence-electron chi connectivity index (χ0n) is 11.7. The predicted molar refractivity (Wildman–Crippen MR) is 72.7 cm³/mol. The van der Waals surface area contributed by atoms with Gasteiger partial charge < -0.3 is 20.1 Å². The van der Waals surface area contributed by atoms with Crippen LogP contribution >= 0.6 is 0 Å². The highest BCUT2D eigenvalue weighted by atomic mass is 16.5. The average molecular weight is 256 g/mol. The molecule has 0 bridgehead atoms. The number of rotatable bonds is 7. The molecule has 1 aliphatic carbocycles. The third kappa shape index (κ3) is 3.92. The van der Waals surface area contributed by atoms with Crippen molar-refractivity contribution in [3.05, 3.63) is 0 Å². The Morgan fingerprint density at radius 2 is 2.06 bits per heavy atom. The first-order valence-corrected chi connectivity index (χ1v) is 7.38. The van der Waals surface area contributed by atoms with Gasteiger partial charge in [0.15, 0.2) is 0 Å². The second-order valence-corrected chi connectivity index (χ2v) is 5.83. The lowest BCUT2D eigenvalue weighted by molar-refractivity contribution is -0.0465. The van der Waals surface area contributed by atoms with Crippen LogP contribution in [0.25, 0.3) is 0 Å². The smallest absolute Gasteiger partial charge is 0.0710 e. The van der Waals surface area contributed by atoms with Crippen molar-refractivity contribution in [1.82, 2.24) is 4.90 Å². The van der Waals surface area contributed by atoms with Gasteiger partial charge in [0.05, 0.1) is 24.9 Å². The van der Waals surface area contributed by atoms with E-state index in [1.165, 1.54) is 38.5 Å². The summed E-state index contributed by atoms with van der Waals surface area (Å²) in [7, 11) is 2.15. The minimum Gasteiger partial charge on any atom is -0.379 e. The van der Waals surface area contributed by atoms with Crippen molar-refractivity contribution in [2.45, 2.75) is 50.2 Å². The summed E-state index contributed by atoms with van der Waals surface area (Å²) in [5.41, 5.74) is 5.65. The minimum atomic E-state index is 0.265. The summed E-state index contributed by atoms with van der Waals surface area (Å²) in [6.07, 6.45) is 8.22. The van der Waals surface area contributed by atoms with E-state index in [0.717, 1.165) is 19.7 Å². The summed E-state index contributed by atoms with van der Waals surface area (Å²) in [6, 6.07) is 0. The predicted octanol–water partition coefficient (Wildman–Crippen LogP) is 1.39. The normalized spacial score (nSPS) is 26.5. The molecule has 0 amide bonds. The van der Waals surface area contributed by atoms with Gasteiger partial charge in [0.25, 0.3) is 0 Å². The van der Waals surface area contributed by atoms with E-state index in [1.54, 1.807) is 0 Å². The highest BCUT2D eigenvalue weighted by Gasteiger charge is 2.42. The summed E-state index contributed by atoms with van der Waals surface area (Å²) < 4.78 is 11.7. The Kier molecular flexibility index (Phi) is 5.42. The number of hydrogen-bond acceptors (Lipinski definition) is 4. The van der Waals surface area contributed by atoms with Crippen molar-refractivity contribution in [2.75, 3.05) is 39.9 Å². The second-order valence-electron chi connectivity index (χ2n) is 5.83. The Balaban J connectivity index is 1.61. The van der Waals surface area contributed by atoms with E-state index in [0.29, 0.717) is 19.3 Å². The molecule has 1 aliphatic heterocycles. The van der Waals surface area contributed by atoms with Crippen LogP contribution in [0.1, 0.15) is 38.5 Å². The van der Waals surface area contributed by atoms with E-state index in [-0.39, 0.29) is 5.60 Å². The summed E-state index contributed by atoms with van der Waals surface area (Å²) in [5.74, 6) is 0. The topological polar surface area (TPSA) is 47.7 Å². The van der Waals surface area contributed by atoms with Crippen LogP contribution < -0.4 is 5.73 Å². The maximum atomic E-state index is 6.31. The first-order valence-electron chi connectivity index (χ1n) is 7.38. The van der Waals surface area contributed by atoms with E-state index in [4.69, 9.17) is 15.2 Å². The lowest BCUT2D eigenvalue weighted by Gasteiger charge is -2.26. The standard InChI is InChI=1S/C14H28N2O2/c1-16(9-11-17-10-8-15)12-13-4-7-14(18-13)5-2-3-6-14/h13H,2-12,15H2,1H3. The third-order valence-corrected chi connectivity index (χ3v) is 4.25. The zero-order chi connectivity index (χ0) is 12.8. The molecule has 2 aliphatic rings. The van der Waals surface area contributed by atoms with Crippen LogP contribution in [0, 0.1) is 0 Å². The lowest BCUT2D eigenvalue weighted by atomic mass is 9.98. The van der Waals surface area contributed by atoms with Crippen LogP contribution in [0.3, 0.4) is 0 Å². The fourth-order valence-electron chi connectivity index (χ4n) is 3.26. The van der Waals surface area contributed by atoms with E-state index in [2.05, 4.69) is 11.9 Å². The number of nitrogens with two attached hydrogens (primary N) is 1. The molecule has 1 spiro atoms. The van der Waals surface area contributed by atoms with Gasteiger partial charge in [-0.05, 0) is 32.7 Å². The van der Waals surface area contributed by atoms with Gasteiger partial charge in [0.2, 0.25) is 0 Å². The van der Waals surface area contributed by atoms with Crippen LogP contribution in [0.2, 0.25) is 0 Å². The molecule has 0 radical (unpaired) electrons.